The number of carbonyl (C=O) groups excluding carboxylic acids is 1. The monoisotopic (exact) mass is 425 g/mol. The molecule has 29 heavy (non-hydrogen) atoms. The topological polar surface area (TPSA) is 64.0 Å². The highest BCUT2D eigenvalue weighted by atomic mass is 35.5. The van der Waals surface area contributed by atoms with Crippen LogP contribution in [-0.2, 0) is 17.5 Å². The molecule has 1 aromatic heterocycles. The maximum Gasteiger partial charge on any atom is 0.416 e. The molecule has 1 heterocycles. The van der Waals surface area contributed by atoms with Crippen LogP contribution in [0.3, 0.4) is 0 Å². The molecule has 10 heteroatoms. The number of halogens is 5. The molecule has 150 valence electrons. The van der Waals surface area contributed by atoms with Gasteiger partial charge < -0.3 is 5.32 Å². The second-order valence-corrected chi connectivity index (χ2v) is 6.39. The maximum atomic E-state index is 13.0. The van der Waals surface area contributed by atoms with Crippen LogP contribution in [-0.4, -0.2) is 15.5 Å². The van der Waals surface area contributed by atoms with Gasteiger partial charge in [0.2, 0.25) is 5.91 Å². The summed E-state index contributed by atoms with van der Waals surface area (Å²) in [5.41, 5.74) is -0.969. The van der Waals surface area contributed by atoms with Crippen molar-refractivity contribution < 1.29 is 22.4 Å². The molecule has 0 bridgehead atoms. The van der Waals surface area contributed by atoms with Crippen molar-refractivity contribution in [2.45, 2.75) is 12.7 Å². The van der Waals surface area contributed by atoms with Crippen molar-refractivity contribution in [2.75, 3.05) is 5.32 Å². The molecular weight excluding hydrogens is 414 g/mol. The molecule has 0 radical (unpaired) electrons. The van der Waals surface area contributed by atoms with Crippen LogP contribution >= 0.6 is 11.6 Å². The van der Waals surface area contributed by atoms with Crippen LogP contribution < -0.4 is 10.9 Å². The minimum absolute atomic E-state index is 0.0801. The fourth-order valence-corrected chi connectivity index (χ4v) is 2.63. The lowest BCUT2D eigenvalue weighted by molar-refractivity contribution is -0.137. The zero-order valence-electron chi connectivity index (χ0n) is 14.5. The number of hydrogen-bond donors (Lipinski definition) is 1. The minimum Gasteiger partial charge on any atom is -0.323 e. The number of nitrogens with zero attached hydrogens (tertiary/aromatic N) is 2. The predicted octanol–water partition coefficient (Wildman–Crippen LogP) is 4.36. The molecular formula is C19H12ClF4N3O2. The van der Waals surface area contributed by atoms with E-state index in [1.165, 1.54) is 24.3 Å². The van der Waals surface area contributed by atoms with Crippen LogP contribution in [0, 0.1) is 5.82 Å². The highest BCUT2D eigenvalue weighted by molar-refractivity contribution is 6.33. The molecule has 5 nitrogen and oxygen atoms in total. The summed E-state index contributed by atoms with van der Waals surface area (Å²) in [7, 11) is 0. The zero-order valence-corrected chi connectivity index (χ0v) is 15.3. The first-order valence-electron chi connectivity index (χ1n) is 8.12. The quantitative estimate of drug-likeness (QED) is 0.632. The first kappa shape index (κ1) is 20.5. The number of anilines is 1. The van der Waals surface area contributed by atoms with Gasteiger partial charge in [-0.15, -0.1) is 0 Å². The molecule has 0 unspecified atom stereocenters. The van der Waals surface area contributed by atoms with E-state index in [0.717, 1.165) is 29.1 Å². The number of alkyl halides is 3. The van der Waals surface area contributed by atoms with Gasteiger partial charge in [-0.3, -0.25) is 14.2 Å². The smallest absolute Gasteiger partial charge is 0.323 e. The van der Waals surface area contributed by atoms with Gasteiger partial charge in [0.25, 0.3) is 5.56 Å². The number of nitrogens with one attached hydrogen (secondary N) is 1. The lowest BCUT2D eigenvalue weighted by Crippen LogP contribution is -2.27. The summed E-state index contributed by atoms with van der Waals surface area (Å²) < 4.78 is 52.4. The van der Waals surface area contributed by atoms with Crippen molar-refractivity contribution in [2.24, 2.45) is 0 Å². The van der Waals surface area contributed by atoms with Crippen LogP contribution in [0.5, 0.6) is 0 Å². The third kappa shape index (κ3) is 5.00. The number of carbonyl (C=O) groups is 1. The SMILES string of the molecule is O=C(Cn1cnc(-c2ccc(F)cc2)cc1=O)Nc1cc(C(F)(F)F)ccc1Cl. The van der Waals surface area contributed by atoms with Gasteiger partial charge in [0, 0.05) is 11.6 Å². The van der Waals surface area contributed by atoms with Gasteiger partial charge in [-0.05, 0) is 42.5 Å². The average Bonchev–Trinajstić information content (AvgIpc) is 2.65. The highest BCUT2D eigenvalue weighted by Crippen LogP contribution is 2.33. The van der Waals surface area contributed by atoms with Crippen molar-refractivity contribution >= 4 is 23.2 Å². The zero-order chi connectivity index (χ0) is 21.2. The van der Waals surface area contributed by atoms with E-state index >= 15 is 0 Å². The summed E-state index contributed by atoms with van der Waals surface area (Å²) >= 11 is 5.83. The van der Waals surface area contributed by atoms with Crippen molar-refractivity contribution in [3.63, 3.8) is 0 Å². The van der Waals surface area contributed by atoms with Crippen LogP contribution in [0.25, 0.3) is 11.3 Å². The van der Waals surface area contributed by atoms with Crippen LogP contribution in [0.2, 0.25) is 5.02 Å². The molecule has 0 saturated carbocycles. The van der Waals surface area contributed by atoms with E-state index in [2.05, 4.69) is 10.3 Å². The largest absolute Gasteiger partial charge is 0.416 e. The normalized spacial score (nSPS) is 11.3. The van der Waals surface area contributed by atoms with E-state index < -0.39 is 35.6 Å². The lowest BCUT2D eigenvalue weighted by Gasteiger charge is -2.12. The van der Waals surface area contributed by atoms with E-state index in [0.29, 0.717) is 11.6 Å². The van der Waals surface area contributed by atoms with Crippen molar-refractivity contribution in [3.05, 3.63) is 81.6 Å². The van der Waals surface area contributed by atoms with Gasteiger partial charge in [0.1, 0.15) is 12.4 Å². The molecule has 1 amide bonds. The van der Waals surface area contributed by atoms with E-state index in [9.17, 15) is 27.2 Å². The molecule has 2 aromatic carbocycles. The fraction of sp³-hybridized carbons (Fsp3) is 0.105. The van der Waals surface area contributed by atoms with Crippen LogP contribution in [0.1, 0.15) is 5.56 Å². The Hall–Kier alpha value is -3.20. The first-order valence-corrected chi connectivity index (χ1v) is 8.50. The Kier molecular flexibility index (Phi) is 5.69. The Labute approximate surface area is 166 Å². The maximum absolute atomic E-state index is 13.0. The highest BCUT2D eigenvalue weighted by Gasteiger charge is 2.31. The Morgan fingerprint density at radius 2 is 1.79 bits per heavy atom. The van der Waals surface area contributed by atoms with Gasteiger partial charge in [-0.1, -0.05) is 11.6 Å². The number of amides is 1. The van der Waals surface area contributed by atoms with E-state index in [-0.39, 0.29) is 16.4 Å². The molecule has 1 N–H and O–H groups in total. The molecule has 0 aliphatic heterocycles. The number of rotatable bonds is 4. The Morgan fingerprint density at radius 1 is 1.10 bits per heavy atom. The summed E-state index contributed by atoms with van der Waals surface area (Å²) in [6, 6.07) is 9.01. The summed E-state index contributed by atoms with van der Waals surface area (Å²) in [6.07, 6.45) is -3.48. The van der Waals surface area contributed by atoms with Gasteiger partial charge in [-0.25, -0.2) is 9.37 Å². The Bertz CT molecular complexity index is 1110. The third-order valence-corrected chi connectivity index (χ3v) is 4.23. The summed E-state index contributed by atoms with van der Waals surface area (Å²) in [4.78, 5) is 28.4. The summed E-state index contributed by atoms with van der Waals surface area (Å²) in [5, 5.41) is 2.17. The fourth-order valence-electron chi connectivity index (χ4n) is 2.47. The van der Waals surface area contributed by atoms with Crippen LogP contribution in [0.4, 0.5) is 23.2 Å². The van der Waals surface area contributed by atoms with Gasteiger partial charge >= 0.3 is 6.18 Å². The van der Waals surface area contributed by atoms with E-state index in [4.69, 9.17) is 11.6 Å². The molecule has 0 spiro atoms. The summed E-state index contributed by atoms with van der Waals surface area (Å²) in [6.45, 7) is -0.484. The van der Waals surface area contributed by atoms with Crippen LogP contribution in [0.15, 0.2) is 59.7 Å². The Balaban J connectivity index is 1.76. The number of hydrogen-bond acceptors (Lipinski definition) is 3. The molecule has 3 rings (SSSR count). The second-order valence-electron chi connectivity index (χ2n) is 5.99. The predicted molar refractivity (Wildman–Crippen MR) is 99.0 cm³/mol. The van der Waals surface area contributed by atoms with Crippen molar-refractivity contribution in [1.29, 1.82) is 0 Å². The molecule has 0 aliphatic rings. The van der Waals surface area contributed by atoms with Crippen molar-refractivity contribution in [1.82, 2.24) is 9.55 Å². The molecule has 0 atom stereocenters. The standard InChI is InChI=1S/C19H12ClF4N3O2/c20-14-6-3-12(19(22,23)24)7-16(14)26-17(28)9-27-10-25-15(8-18(27)29)11-1-4-13(21)5-2-11/h1-8,10H,9H2,(H,26,28). The molecule has 0 fully saturated rings. The lowest BCUT2D eigenvalue weighted by atomic mass is 10.1. The van der Waals surface area contributed by atoms with Gasteiger partial charge in [-0.2, -0.15) is 13.2 Å². The van der Waals surface area contributed by atoms with Gasteiger partial charge in [0.15, 0.2) is 0 Å². The molecule has 3 aromatic rings. The summed E-state index contributed by atoms with van der Waals surface area (Å²) in [5.74, 6) is -1.20. The average molecular weight is 426 g/mol. The van der Waals surface area contributed by atoms with Crippen molar-refractivity contribution in [3.8, 4) is 11.3 Å². The molecule has 0 aliphatic carbocycles. The Morgan fingerprint density at radius 3 is 2.41 bits per heavy atom. The minimum atomic E-state index is -4.60. The van der Waals surface area contributed by atoms with E-state index in [1.54, 1.807) is 0 Å². The van der Waals surface area contributed by atoms with Gasteiger partial charge in [0.05, 0.1) is 28.3 Å². The second kappa shape index (κ2) is 8.04. The first-order chi connectivity index (χ1) is 13.6. The third-order valence-electron chi connectivity index (χ3n) is 3.90. The molecule has 0 saturated heterocycles. The number of aromatic nitrogens is 2. The number of benzene rings is 2. The van der Waals surface area contributed by atoms with E-state index in [1.807, 2.05) is 0 Å².